The molecule has 1 rings (SSSR count). The summed E-state index contributed by atoms with van der Waals surface area (Å²) in [6.07, 6.45) is 3.57. The van der Waals surface area contributed by atoms with Gasteiger partial charge in [0.1, 0.15) is 5.60 Å². The first-order valence-corrected chi connectivity index (χ1v) is 7.68. The van der Waals surface area contributed by atoms with Crippen molar-refractivity contribution in [2.24, 2.45) is 7.05 Å². The van der Waals surface area contributed by atoms with Gasteiger partial charge >= 0.3 is 6.09 Å². The number of carbonyl (C=O) groups is 1. The third-order valence-electron chi connectivity index (χ3n) is 2.63. The van der Waals surface area contributed by atoms with Crippen molar-refractivity contribution >= 4 is 22.0 Å². The van der Waals surface area contributed by atoms with Crippen LogP contribution in [0.2, 0.25) is 0 Å². The number of hydrogen-bond acceptors (Lipinski definition) is 3. The van der Waals surface area contributed by atoms with Gasteiger partial charge in [-0.15, -0.1) is 0 Å². The van der Waals surface area contributed by atoms with Crippen molar-refractivity contribution in [1.29, 1.82) is 0 Å². The first kappa shape index (κ1) is 17.0. The van der Waals surface area contributed by atoms with Gasteiger partial charge in [-0.25, -0.2) is 4.79 Å². The Bertz CT molecular complexity index is 452. The van der Waals surface area contributed by atoms with Crippen LogP contribution in [0.3, 0.4) is 0 Å². The highest BCUT2D eigenvalue weighted by atomic mass is 79.9. The summed E-state index contributed by atoms with van der Waals surface area (Å²) < 4.78 is 8.09. The van der Waals surface area contributed by atoms with Gasteiger partial charge in [-0.2, -0.15) is 5.10 Å². The highest BCUT2D eigenvalue weighted by molar-refractivity contribution is 9.10. The van der Waals surface area contributed by atoms with E-state index in [1.807, 2.05) is 34.0 Å². The average Bonchev–Trinajstić information content (AvgIpc) is 2.60. The summed E-state index contributed by atoms with van der Waals surface area (Å²) >= 11 is 3.46. The van der Waals surface area contributed by atoms with Crippen LogP contribution in [-0.4, -0.2) is 32.9 Å². The number of aryl methyl sites for hydroxylation is 1. The van der Waals surface area contributed by atoms with E-state index in [4.69, 9.17) is 4.74 Å². The molecule has 5 nitrogen and oxygen atoms in total. The molecule has 0 radical (unpaired) electrons. The second kappa shape index (κ2) is 7.11. The maximum atomic E-state index is 12.2. The molecule has 0 spiro atoms. The third-order valence-corrected chi connectivity index (χ3v) is 3.29. The molecule has 0 aromatic carbocycles. The van der Waals surface area contributed by atoms with Crippen molar-refractivity contribution in [1.82, 2.24) is 14.7 Å². The molecule has 0 unspecified atom stereocenters. The zero-order valence-corrected chi connectivity index (χ0v) is 14.5. The van der Waals surface area contributed by atoms with E-state index in [0.717, 1.165) is 23.0 Å². The lowest BCUT2D eigenvalue weighted by atomic mass is 10.2. The van der Waals surface area contributed by atoms with Crippen LogP contribution in [0.5, 0.6) is 0 Å². The zero-order chi connectivity index (χ0) is 15.3. The Hall–Kier alpha value is -1.04. The van der Waals surface area contributed by atoms with Gasteiger partial charge in [0.2, 0.25) is 0 Å². The lowest BCUT2D eigenvalue weighted by Gasteiger charge is -2.27. The second-order valence-electron chi connectivity index (χ2n) is 5.85. The van der Waals surface area contributed by atoms with Crippen LogP contribution in [-0.2, 0) is 18.3 Å². The fraction of sp³-hybridized carbons (Fsp3) is 0.714. The fourth-order valence-corrected chi connectivity index (χ4v) is 2.20. The molecule has 0 aliphatic carbocycles. The first-order chi connectivity index (χ1) is 9.23. The van der Waals surface area contributed by atoms with E-state index in [-0.39, 0.29) is 6.09 Å². The van der Waals surface area contributed by atoms with Crippen LogP contribution in [0, 0.1) is 0 Å². The molecule has 1 amide bonds. The summed E-state index contributed by atoms with van der Waals surface area (Å²) in [5.41, 5.74) is 0.359. The molecule has 1 heterocycles. The standard InChI is InChI=1S/C14H24BrN3O2/c1-6-7-8-18(13(19)20-14(2,3)4)10-12-11(15)9-17(5)16-12/h9H,6-8,10H2,1-5H3. The molecular weight excluding hydrogens is 322 g/mol. The molecule has 0 aliphatic rings. The molecule has 6 heteroatoms. The summed E-state index contributed by atoms with van der Waals surface area (Å²) in [7, 11) is 1.86. The van der Waals surface area contributed by atoms with Gasteiger partial charge < -0.3 is 9.64 Å². The first-order valence-electron chi connectivity index (χ1n) is 6.89. The lowest BCUT2D eigenvalue weighted by molar-refractivity contribution is 0.0228. The molecule has 0 N–H and O–H groups in total. The Morgan fingerprint density at radius 3 is 2.60 bits per heavy atom. The summed E-state index contributed by atoms with van der Waals surface area (Å²) in [6.45, 7) is 8.85. The summed E-state index contributed by atoms with van der Waals surface area (Å²) in [4.78, 5) is 14.0. The van der Waals surface area contributed by atoms with Gasteiger partial charge in [0.05, 0.1) is 16.7 Å². The number of unbranched alkanes of at least 4 members (excludes halogenated alkanes) is 1. The number of aromatic nitrogens is 2. The normalized spacial score (nSPS) is 11.5. The minimum absolute atomic E-state index is 0.288. The molecule has 0 bridgehead atoms. The Balaban J connectivity index is 2.78. The van der Waals surface area contributed by atoms with Gasteiger partial charge in [-0.05, 0) is 43.1 Å². The lowest BCUT2D eigenvalue weighted by Crippen LogP contribution is -2.37. The molecule has 0 aliphatic heterocycles. The van der Waals surface area contributed by atoms with E-state index >= 15 is 0 Å². The van der Waals surface area contributed by atoms with Crippen molar-refractivity contribution in [2.75, 3.05) is 6.54 Å². The summed E-state index contributed by atoms with van der Waals surface area (Å²) in [5, 5.41) is 4.36. The van der Waals surface area contributed by atoms with Gasteiger partial charge in [0.25, 0.3) is 0 Å². The highest BCUT2D eigenvalue weighted by Gasteiger charge is 2.23. The van der Waals surface area contributed by atoms with E-state index in [1.165, 1.54) is 0 Å². The molecule has 1 aromatic rings. The van der Waals surface area contributed by atoms with E-state index < -0.39 is 5.60 Å². The Morgan fingerprint density at radius 2 is 2.15 bits per heavy atom. The minimum atomic E-state index is -0.483. The minimum Gasteiger partial charge on any atom is -0.444 e. The number of amides is 1. The number of hydrogen-bond donors (Lipinski definition) is 0. The van der Waals surface area contributed by atoms with Crippen LogP contribution < -0.4 is 0 Å². The molecular formula is C14H24BrN3O2. The Labute approximate surface area is 129 Å². The average molecular weight is 346 g/mol. The topological polar surface area (TPSA) is 47.4 Å². The second-order valence-corrected chi connectivity index (χ2v) is 6.71. The van der Waals surface area contributed by atoms with E-state index in [0.29, 0.717) is 13.1 Å². The van der Waals surface area contributed by atoms with Gasteiger partial charge in [0, 0.05) is 19.8 Å². The highest BCUT2D eigenvalue weighted by Crippen LogP contribution is 2.18. The van der Waals surface area contributed by atoms with Crippen molar-refractivity contribution in [3.63, 3.8) is 0 Å². The van der Waals surface area contributed by atoms with Crippen LogP contribution in [0.25, 0.3) is 0 Å². The van der Waals surface area contributed by atoms with E-state index in [9.17, 15) is 4.79 Å². The fourth-order valence-electron chi connectivity index (χ4n) is 1.70. The molecule has 0 fully saturated rings. The SMILES string of the molecule is CCCCN(Cc1nn(C)cc1Br)C(=O)OC(C)(C)C. The zero-order valence-electron chi connectivity index (χ0n) is 12.9. The number of nitrogens with zero attached hydrogens (tertiary/aromatic N) is 3. The Morgan fingerprint density at radius 1 is 1.50 bits per heavy atom. The summed E-state index contributed by atoms with van der Waals surface area (Å²) in [6, 6.07) is 0. The van der Waals surface area contributed by atoms with Crippen molar-refractivity contribution in [3.8, 4) is 0 Å². The molecule has 20 heavy (non-hydrogen) atoms. The summed E-state index contributed by atoms with van der Waals surface area (Å²) in [5.74, 6) is 0. The monoisotopic (exact) mass is 345 g/mol. The largest absolute Gasteiger partial charge is 0.444 e. The van der Waals surface area contributed by atoms with E-state index in [2.05, 4.69) is 28.0 Å². The van der Waals surface area contributed by atoms with Crippen molar-refractivity contribution in [3.05, 3.63) is 16.4 Å². The quantitative estimate of drug-likeness (QED) is 0.816. The molecule has 0 saturated heterocycles. The smallest absolute Gasteiger partial charge is 0.410 e. The number of ether oxygens (including phenoxy) is 1. The molecule has 1 aromatic heterocycles. The van der Waals surface area contributed by atoms with E-state index in [1.54, 1.807) is 9.58 Å². The van der Waals surface area contributed by atoms with Crippen LogP contribution in [0.1, 0.15) is 46.2 Å². The van der Waals surface area contributed by atoms with Gasteiger partial charge in [0.15, 0.2) is 0 Å². The predicted molar refractivity (Wildman–Crippen MR) is 82.5 cm³/mol. The third kappa shape index (κ3) is 5.53. The van der Waals surface area contributed by atoms with Gasteiger partial charge in [-0.3, -0.25) is 4.68 Å². The predicted octanol–water partition coefficient (Wildman–Crippen LogP) is 3.72. The number of carbonyl (C=O) groups excluding carboxylic acids is 1. The molecule has 0 atom stereocenters. The maximum absolute atomic E-state index is 12.2. The van der Waals surface area contributed by atoms with Crippen LogP contribution in [0.4, 0.5) is 4.79 Å². The Kier molecular flexibility index (Phi) is 6.05. The van der Waals surface area contributed by atoms with Crippen LogP contribution >= 0.6 is 15.9 Å². The van der Waals surface area contributed by atoms with Crippen molar-refractivity contribution < 1.29 is 9.53 Å². The van der Waals surface area contributed by atoms with Crippen LogP contribution in [0.15, 0.2) is 10.7 Å². The molecule has 0 saturated carbocycles. The molecule has 114 valence electrons. The maximum Gasteiger partial charge on any atom is 0.410 e. The number of halogens is 1. The van der Waals surface area contributed by atoms with Gasteiger partial charge in [-0.1, -0.05) is 13.3 Å². The number of rotatable bonds is 5. The van der Waals surface area contributed by atoms with Crippen molar-refractivity contribution in [2.45, 2.75) is 52.7 Å².